The van der Waals surface area contributed by atoms with E-state index in [1.165, 1.54) is 12.7 Å². The van der Waals surface area contributed by atoms with Crippen LogP contribution in [0.5, 0.6) is 0 Å². The highest BCUT2D eigenvalue weighted by molar-refractivity contribution is 5.94. The lowest BCUT2D eigenvalue weighted by atomic mass is 10.2. The van der Waals surface area contributed by atoms with Crippen molar-refractivity contribution in [3.8, 4) is 5.82 Å². The fraction of sp³-hybridized carbons (Fsp3) is 0.250. The van der Waals surface area contributed by atoms with Crippen LogP contribution in [0, 0.1) is 0 Å². The van der Waals surface area contributed by atoms with E-state index in [0.29, 0.717) is 37.6 Å². The molecule has 3 aromatic heterocycles. The number of hydrogen-bond donors (Lipinski definition) is 0. The minimum atomic E-state index is 0.0127. The summed E-state index contributed by atoms with van der Waals surface area (Å²) in [5, 5.41) is 4.08. The average Bonchev–Trinajstić information content (AvgIpc) is 3.23. The highest BCUT2D eigenvalue weighted by Crippen LogP contribution is 2.16. The van der Waals surface area contributed by atoms with Crippen molar-refractivity contribution in [1.82, 2.24) is 34.6 Å². The molecule has 9 nitrogen and oxygen atoms in total. The third kappa shape index (κ3) is 3.16. The first-order chi connectivity index (χ1) is 12.3. The summed E-state index contributed by atoms with van der Waals surface area (Å²) in [6.07, 6.45) is 7.83. The van der Waals surface area contributed by atoms with Gasteiger partial charge in [0.2, 0.25) is 0 Å². The Kier molecular flexibility index (Phi) is 4.03. The number of nitrogens with zero attached hydrogens (tertiary/aromatic N) is 8. The highest BCUT2D eigenvalue weighted by Gasteiger charge is 2.23. The van der Waals surface area contributed by atoms with Crippen molar-refractivity contribution in [2.45, 2.75) is 0 Å². The maximum absolute atomic E-state index is 12.5. The lowest BCUT2D eigenvalue weighted by molar-refractivity contribution is 0.0746. The Morgan fingerprint density at radius 3 is 2.56 bits per heavy atom. The van der Waals surface area contributed by atoms with Gasteiger partial charge in [0.1, 0.15) is 24.8 Å². The van der Waals surface area contributed by atoms with Crippen LogP contribution >= 0.6 is 0 Å². The van der Waals surface area contributed by atoms with Crippen LogP contribution < -0.4 is 4.90 Å². The van der Waals surface area contributed by atoms with Crippen molar-refractivity contribution >= 4 is 11.7 Å². The predicted octanol–water partition coefficient (Wildman–Crippen LogP) is 0.415. The number of piperazine rings is 1. The van der Waals surface area contributed by atoms with Crippen LogP contribution in [0.4, 0.5) is 5.82 Å². The number of hydrogen-bond acceptors (Lipinski definition) is 7. The molecule has 1 saturated heterocycles. The molecule has 25 heavy (non-hydrogen) atoms. The zero-order chi connectivity index (χ0) is 17.1. The SMILES string of the molecule is O=C(c1cccnc1)N1CCN(c2cc(-n3cncn3)ncn2)CC1. The van der Waals surface area contributed by atoms with Gasteiger partial charge in [0, 0.05) is 44.6 Å². The van der Waals surface area contributed by atoms with Gasteiger partial charge in [-0.15, -0.1) is 0 Å². The van der Waals surface area contributed by atoms with Crippen LogP contribution in [0.3, 0.4) is 0 Å². The Morgan fingerprint density at radius 2 is 1.84 bits per heavy atom. The Labute approximate surface area is 144 Å². The summed E-state index contributed by atoms with van der Waals surface area (Å²) in [5.74, 6) is 1.49. The van der Waals surface area contributed by atoms with Crippen molar-refractivity contribution in [2.75, 3.05) is 31.1 Å². The standard InChI is InChI=1S/C16H16N8O/c25-16(13-2-1-3-17-9-13)23-6-4-22(5-7-23)14-8-15(20-11-19-14)24-12-18-10-21-24/h1-3,8-12H,4-7H2. The Bertz CT molecular complexity index is 844. The van der Waals surface area contributed by atoms with Crippen LogP contribution in [-0.4, -0.2) is 66.7 Å². The Balaban J connectivity index is 1.44. The molecule has 4 heterocycles. The van der Waals surface area contributed by atoms with Crippen molar-refractivity contribution < 1.29 is 4.79 Å². The zero-order valence-corrected chi connectivity index (χ0v) is 13.4. The molecule has 0 atom stereocenters. The summed E-state index contributed by atoms with van der Waals surface area (Å²) in [6, 6.07) is 5.43. The van der Waals surface area contributed by atoms with Gasteiger partial charge in [-0.25, -0.2) is 19.6 Å². The van der Waals surface area contributed by atoms with E-state index in [2.05, 4.69) is 29.9 Å². The third-order valence-electron chi connectivity index (χ3n) is 4.09. The lowest BCUT2D eigenvalue weighted by Crippen LogP contribution is -2.49. The first-order valence-electron chi connectivity index (χ1n) is 7.92. The van der Waals surface area contributed by atoms with Crippen LogP contribution in [0.15, 0.2) is 49.6 Å². The monoisotopic (exact) mass is 336 g/mol. The maximum atomic E-state index is 12.5. The molecule has 0 bridgehead atoms. The summed E-state index contributed by atoms with van der Waals surface area (Å²) in [6.45, 7) is 2.69. The second kappa shape index (κ2) is 6.63. The fourth-order valence-corrected chi connectivity index (χ4v) is 2.77. The van der Waals surface area contributed by atoms with Crippen molar-refractivity contribution in [1.29, 1.82) is 0 Å². The molecule has 0 unspecified atom stereocenters. The summed E-state index contributed by atoms with van der Waals surface area (Å²) >= 11 is 0. The van der Waals surface area contributed by atoms with Crippen LogP contribution in [-0.2, 0) is 0 Å². The number of pyridine rings is 1. The second-order valence-electron chi connectivity index (χ2n) is 5.60. The van der Waals surface area contributed by atoms with E-state index in [-0.39, 0.29) is 5.91 Å². The van der Waals surface area contributed by atoms with E-state index in [9.17, 15) is 4.79 Å². The lowest BCUT2D eigenvalue weighted by Gasteiger charge is -2.35. The number of anilines is 1. The minimum absolute atomic E-state index is 0.0127. The average molecular weight is 336 g/mol. The fourth-order valence-electron chi connectivity index (χ4n) is 2.77. The van der Waals surface area contributed by atoms with Crippen molar-refractivity contribution in [3.63, 3.8) is 0 Å². The van der Waals surface area contributed by atoms with Crippen molar-refractivity contribution in [3.05, 3.63) is 55.1 Å². The molecule has 1 aliphatic rings. The van der Waals surface area contributed by atoms with Gasteiger partial charge < -0.3 is 9.80 Å². The first-order valence-corrected chi connectivity index (χ1v) is 7.92. The number of carbonyl (C=O) groups is 1. The van der Waals surface area contributed by atoms with E-state index in [4.69, 9.17) is 0 Å². The molecule has 0 N–H and O–H groups in total. The van der Waals surface area contributed by atoms with Gasteiger partial charge in [-0.2, -0.15) is 5.10 Å². The molecule has 3 aromatic rings. The van der Waals surface area contributed by atoms with E-state index >= 15 is 0 Å². The summed E-state index contributed by atoms with van der Waals surface area (Å²) < 4.78 is 1.59. The summed E-state index contributed by atoms with van der Waals surface area (Å²) in [5.41, 5.74) is 0.617. The molecular formula is C16H16N8O. The van der Waals surface area contributed by atoms with E-state index in [1.54, 1.807) is 35.5 Å². The van der Waals surface area contributed by atoms with Gasteiger partial charge in [-0.05, 0) is 12.1 Å². The molecule has 9 heteroatoms. The molecule has 0 spiro atoms. The second-order valence-corrected chi connectivity index (χ2v) is 5.60. The van der Waals surface area contributed by atoms with Crippen LogP contribution in [0.25, 0.3) is 5.82 Å². The smallest absolute Gasteiger partial charge is 0.255 e. The topological polar surface area (TPSA) is 92.9 Å². The normalized spacial score (nSPS) is 14.6. The van der Waals surface area contributed by atoms with Crippen LogP contribution in [0.2, 0.25) is 0 Å². The number of rotatable bonds is 3. The quantitative estimate of drug-likeness (QED) is 0.684. The third-order valence-corrected chi connectivity index (χ3v) is 4.09. The molecule has 1 amide bonds. The molecule has 0 saturated carbocycles. The number of carbonyl (C=O) groups excluding carboxylic acids is 1. The minimum Gasteiger partial charge on any atom is -0.353 e. The molecule has 126 valence electrons. The first kappa shape index (κ1) is 15.2. The van der Waals surface area contributed by atoms with E-state index in [1.807, 2.05) is 11.0 Å². The molecule has 1 fully saturated rings. The van der Waals surface area contributed by atoms with Gasteiger partial charge in [0.15, 0.2) is 5.82 Å². The Hall–Kier alpha value is -3.36. The highest BCUT2D eigenvalue weighted by atomic mass is 16.2. The molecule has 0 aliphatic carbocycles. The molecule has 0 radical (unpaired) electrons. The van der Waals surface area contributed by atoms with Gasteiger partial charge in [-0.1, -0.05) is 0 Å². The van der Waals surface area contributed by atoms with Gasteiger partial charge in [0.05, 0.1) is 5.56 Å². The predicted molar refractivity (Wildman–Crippen MR) is 89.3 cm³/mol. The maximum Gasteiger partial charge on any atom is 0.255 e. The zero-order valence-electron chi connectivity index (χ0n) is 13.4. The van der Waals surface area contributed by atoms with E-state index < -0.39 is 0 Å². The molecular weight excluding hydrogens is 320 g/mol. The summed E-state index contributed by atoms with van der Waals surface area (Å²) in [7, 11) is 0. The van der Waals surface area contributed by atoms with Crippen molar-refractivity contribution in [2.24, 2.45) is 0 Å². The van der Waals surface area contributed by atoms with E-state index in [0.717, 1.165) is 5.82 Å². The Morgan fingerprint density at radius 1 is 1.00 bits per heavy atom. The van der Waals surface area contributed by atoms with Crippen LogP contribution in [0.1, 0.15) is 10.4 Å². The largest absolute Gasteiger partial charge is 0.353 e. The number of aromatic nitrogens is 6. The number of amides is 1. The van der Waals surface area contributed by atoms with Gasteiger partial charge in [0.25, 0.3) is 5.91 Å². The molecule has 0 aromatic carbocycles. The summed E-state index contributed by atoms with van der Waals surface area (Å²) in [4.78, 5) is 32.9. The molecule has 1 aliphatic heterocycles. The van der Waals surface area contributed by atoms with Gasteiger partial charge >= 0.3 is 0 Å². The van der Waals surface area contributed by atoms with Gasteiger partial charge in [-0.3, -0.25) is 9.78 Å². The molecule has 4 rings (SSSR count).